The van der Waals surface area contributed by atoms with E-state index in [-0.39, 0.29) is 17.4 Å². The lowest BCUT2D eigenvalue weighted by atomic mass is 10.0. The van der Waals surface area contributed by atoms with Gasteiger partial charge in [-0.15, -0.1) is 0 Å². The van der Waals surface area contributed by atoms with Crippen LogP contribution in [0.2, 0.25) is 5.02 Å². The zero-order chi connectivity index (χ0) is 20.4. The molecule has 0 saturated heterocycles. The molecule has 27 heavy (non-hydrogen) atoms. The van der Waals surface area contributed by atoms with Crippen LogP contribution >= 0.6 is 11.6 Å². The normalized spacial score (nSPS) is 11.4. The minimum Gasteiger partial charge on any atom is -0.480 e. The van der Waals surface area contributed by atoms with Crippen molar-refractivity contribution in [2.75, 3.05) is 13.2 Å². The van der Waals surface area contributed by atoms with Gasteiger partial charge in [0.25, 0.3) is 5.56 Å². The quantitative estimate of drug-likeness (QED) is 0.605. The molecule has 0 fully saturated rings. The molecule has 0 saturated carbocycles. The Hall–Kier alpha value is -2.62. The summed E-state index contributed by atoms with van der Waals surface area (Å²) >= 11 is 5.82. The number of carbonyl (C=O) groups is 1. The van der Waals surface area contributed by atoms with Crippen molar-refractivity contribution in [3.63, 3.8) is 0 Å². The molecular weight excluding hydrogens is 396 g/mol. The van der Waals surface area contributed by atoms with E-state index in [2.05, 4.69) is 9.84 Å². The molecule has 0 aliphatic rings. The van der Waals surface area contributed by atoms with E-state index in [4.69, 9.17) is 16.3 Å². The first-order chi connectivity index (χ1) is 12.6. The summed E-state index contributed by atoms with van der Waals surface area (Å²) < 4.78 is 64.2. The van der Waals surface area contributed by atoms with E-state index in [0.29, 0.717) is 0 Å². The largest absolute Gasteiger partial charge is 0.480 e. The highest BCUT2D eigenvalue weighted by Crippen LogP contribution is 2.40. The van der Waals surface area contributed by atoms with Crippen LogP contribution in [0.1, 0.15) is 18.1 Å². The van der Waals surface area contributed by atoms with Crippen molar-refractivity contribution in [2.45, 2.75) is 20.0 Å². The predicted octanol–water partition coefficient (Wildman–Crippen LogP) is 3.50. The van der Waals surface area contributed by atoms with Gasteiger partial charge in [0.1, 0.15) is 17.3 Å². The first-order valence-corrected chi connectivity index (χ1v) is 7.88. The van der Waals surface area contributed by atoms with E-state index in [1.165, 1.54) is 0 Å². The molecule has 0 aliphatic carbocycles. The molecule has 0 unspecified atom stereocenters. The van der Waals surface area contributed by atoms with Gasteiger partial charge in [0.15, 0.2) is 6.61 Å². The molecule has 0 spiro atoms. The highest BCUT2D eigenvalue weighted by molar-refractivity contribution is 6.32. The molecule has 6 nitrogen and oxygen atoms in total. The van der Waals surface area contributed by atoms with E-state index in [0.717, 1.165) is 19.1 Å². The molecule has 1 heterocycles. The number of esters is 1. The average molecular weight is 409 g/mol. The average Bonchev–Trinajstić information content (AvgIpc) is 2.55. The summed E-state index contributed by atoms with van der Waals surface area (Å²) in [5.41, 5.74) is -4.56. The molecule has 11 heteroatoms. The van der Waals surface area contributed by atoms with Gasteiger partial charge in [-0.2, -0.15) is 18.3 Å². The molecule has 0 amide bonds. The third-order valence-electron chi connectivity index (χ3n) is 3.43. The van der Waals surface area contributed by atoms with Gasteiger partial charge in [0.2, 0.25) is 0 Å². The zero-order valence-corrected chi connectivity index (χ0v) is 14.8. The monoisotopic (exact) mass is 408 g/mol. The molecule has 2 aromatic rings. The van der Waals surface area contributed by atoms with Crippen molar-refractivity contribution < 1.29 is 31.8 Å². The number of aromatic amines is 1. The van der Waals surface area contributed by atoms with Crippen molar-refractivity contribution >= 4 is 17.6 Å². The molecule has 2 rings (SSSR count). The van der Waals surface area contributed by atoms with E-state index in [9.17, 15) is 27.2 Å². The lowest BCUT2D eigenvalue weighted by Crippen LogP contribution is -2.22. The van der Waals surface area contributed by atoms with Crippen LogP contribution in [0.4, 0.5) is 17.6 Å². The van der Waals surface area contributed by atoms with Crippen LogP contribution in [0, 0.1) is 12.7 Å². The van der Waals surface area contributed by atoms with Gasteiger partial charge in [-0.25, -0.2) is 14.3 Å². The van der Waals surface area contributed by atoms with Crippen molar-refractivity contribution in [3.8, 4) is 17.0 Å². The van der Waals surface area contributed by atoms with E-state index in [1.807, 2.05) is 5.10 Å². The maximum Gasteiger partial charge on any atom is 0.419 e. The molecule has 1 N–H and O–H groups in total. The lowest BCUT2D eigenvalue weighted by Gasteiger charge is -2.15. The Balaban J connectivity index is 2.57. The van der Waals surface area contributed by atoms with Crippen LogP contribution in [-0.2, 0) is 15.7 Å². The summed E-state index contributed by atoms with van der Waals surface area (Å²) in [5.74, 6) is -2.11. The number of aromatic nitrogens is 2. The first-order valence-electron chi connectivity index (χ1n) is 7.50. The molecule has 0 bridgehead atoms. The fourth-order valence-electron chi connectivity index (χ4n) is 2.24. The number of halogens is 5. The van der Waals surface area contributed by atoms with Gasteiger partial charge in [0.05, 0.1) is 17.2 Å². The summed E-state index contributed by atoms with van der Waals surface area (Å²) in [7, 11) is 0. The number of nitrogens with zero attached hydrogens (tertiary/aromatic N) is 1. The second-order valence-corrected chi connectivity index (χ2v) is 5.66. The highest BCUT2D eigenvalue weighted by Gasteiger charge is 2.38. The van der Waals surface area contributed by atoms with Gasteiger partial charge in [-0.05, 0) is 26.0 Å². The maximum absolute atomic E-state index is 14.3. The van der Waals surface area contributed by atoms with E-state index in [1.54, 1.807) is 6.92 Å². The van der Waals surface area contributed by atoms with Crippen LogP contribution < -0.4 is 10.3 Å². The van der Waals surface area contributed by atoms with Crippen molar-refractivity contribution in [1.82, 2.24) is 10.2 Å². The number of benzene rings is 1. The Morgan fingerprint density at radius 3 is 2.59 bits per heavy atom. The Bertz CT molecular complexity index is 928. The van der Waals surface area contributed by atoms with Crippen molar-refractivity contribution in [1.29, 1.82) is 0 Å². The van der Waals surface area contributed by atoms with Crippen LogP contribution in [0.3, 0.4) is 0 Å². The number of alkyl halides is 3. The van der Waals surface area contributed by atoms with E-state index < -0.39 is 52.5 Å². The maximum atomic E-state index is 14.3. The topological polar surface area (TPSA) is 81.3 Å². The second-order valence-electron chi connectivity index (χ2n) is 5.26. The Morgan fingerprint density at radius 1 is 1.33 bits per heavy atom. The lowest BCUT2D eigenvalue weighted by molar-refractivity contribution is -0.145. The van der Waals surface area contributed by atoms with Gasteiger partial charge >= 0.3 is 12.1 Å². The van der Waals surface area contributed by atoms with Crippen molar-refractivity contribution in [3.05, 3.63) is 44.5 Å². The Labute approximate surface area is 155 Å². The standard InChI is InChI=1S/C16H13ClF4N2O4/c1-3-26-12(24)6-27-11-4-8(10(18)5-9(11)17)14-13(16(19,20)21)7(2)15(25)23-22-14/h4-5H,3,6H2,1-2H3,(H,23,25). The van der Waals surface area contributed by atoms with Crippen molar-refractivity contribution in [2.24, 2.45) is 0 Å². The number of hydrogen-bond acceptors (Lipinski definition) is 5. The fourth-order valence-corrected chi connectivity index (χ4v) is 2.44. The molecule has 0 atom stereocenters. The molecule has 146 valence electrons. The van der Waals surface area contributed by atoms with Gasteiger partial charge in [0, 0.05) is 11.1 Å². The Morgan fingerprint density at radius 2 is 2.00 bits per heavy atom. The molecule has 0 radical (unpaired) electrons. The summed E-state index contributed by atoms with van der Waals surface area (Å²) in [6, 6.07) is 1.59. The van der Waals surface area contributed by atoms with E-state index >= 15 is 0 Å². The first kappa shape index (κ1) is 20.7. The second kappa shape index (κ2) is 7.95. The van der Waals surface area contributed by atoms with Gasteiger partial charge in [-0.3, -0.25) is 4.79 Å². The molecule has 1 aromatic carbocycles. The minimum absolute atomic E-state index is 0.0973. The number of carbonyl (C=O) groups excluding carboxylic acids is 1. The summed E-state index contributed by atoms with van der Waals surface area (Å²) in [5, 5.41) is 4.96. The van der Waals surface area contributed by atoms with Crippen LogP contribution in [-0.4, -0.2) is 29.4 Å². The zero-order valence-electron chi connectivity index (χ0n) is 14.0. The van der Waals surface area contributed by atoms with Crippen LogP contribution in [0.5, 0.6) is 5.75 Å². The number of H-pyrrole nitrogens is 1. The minimum atomic E-state index is -4.96. The van der Waals surface area contributed by atoms with Gasteiger partial charge < -0.3 is 9.47 Å². The Kier molecular flexibility index (Phi) is 6.09. The highest BCUT2D eigenvalue weighted by atomic mass is 35.5. The summed E-state index contributed by atoms with van der Waals surface area (Å²) in [4.78, 5) is 22.9. The van der Waals surface area contributed by atoms with Gasteiger partial charge in [-0.1, -0.05) is 11.6 Å². The number of hydrogen-bond donors (Lipinski definition) is 1. The number of nitrogens with one attached hydrogen (secondary N) is 1. The van der Waals surface area contributed by atoms with Crippen LogP contribution in [0.25, 0.3) is 11.3 Å². The smallest absolute Gasteiger partial charge is 0.419 e. The third kappa shape index (κ3) is 4.57. The third-order valence-corrected chi connectivity index (χ3v) is 3.73. The van der Waals surface area contributed by atoms with Crippen LogP contribution in [0.15, 0.2) is 16.9 Å². The summed E-state index contributed by atoms with van der Waals surface area (Å²) in [6.07, 6.45) is -4.96. The molecule has 1 aromatic heterocycles. The number of ether oxygens (including phenoxy) is 2. The predicted molar refractivity (Wildman–Crippen MR) is 87.1 cm³/mol. The molecular formula is C16H13ClF4N2O4. The summed E-state index contributed by atoms with van der Waals surface area (Å²) in [6.45, 7) is 2.03. The fraction of sp³-hybridized carbons (Fsp3) is 0.312. The molecule has 0 aliphatic heterocycles. The number of rotatable bonds is 5. The SMILES string of the molecule is CCOC(=O)COc1cc(-c2n[nH]c(=O)c(C)c2C(F)(F)F)c(F)cc1Cl.